The summed E-state index contributed by atoms with van der Waals surface area (Å²) >= 11 is 0. The molecule has 0 bridgehead atoms. The first-order chi connectivity index (χ1) is 5.00. The highest BCUT2D eigenvalue weighted by Crippen LogP contribution is 2.34. The van der Waals surface area contributed by atoms with Gasteiger partial charge in [-0.1, -0.05) is 45.1 Å². The zero-order valence-corrected chi connectivity index (χ0v) is 7.85. The summed E-state index contributed by atoms with van der Waals surface area (Å²) in [5.41, 5.74) is 1.71. The minimum atomic E-state index is 0.428. The van der Waals surface area contributed by atoms with Crippen LogP contribution in [0.25, 0.3) is 0 Å². The molecule has 0 aromatic rings. The van der Waals surface area contributed by atoms with Crippen LogP contribution in [0.4, 0.5) is 0 Å². The molecule has 0 aliphatic heterocycles. The van der Waals surface area contributed by atoms with Gasteiger partial charge < -0.3 is 0 Å². The normalized spacial score (nSPS) is 25.7. The predicted molar refractivity (Wildman–Crippen MR) is 50.5 cm³/mol. The summed E-state index contributed by atoms with van der Waals surface area (Å²) in [5.74, 6) is 0.744. The standard InChI is InChI=1S/C11H18/c1-9-5-7-10(8-6-9)11(2,3)4/h5,7,10H,1,6,8H2,2-4H3. The van der Waals surface area contributed by atoms with E-state index >= 15 is 0 Å². The van der Waals surface area contributed by atoms with Crippen LogP contribution in [0.15, 0.2) is 24.3 Å². The molecule has 11 heavy (non-hydrogen) atoms. The summed E-state index contributed by atoms with van der Waals surface area (Å²) in [6.07, 6.45) is 6.95. The van der Waals surface area contributed by atoms with Crippen LogP contribution in [0.1, 0.15) is 33.6 Å². The Labute approximate surface area is 70.0 Å². The lowest BCUT2D eigenvalue weighted by Crippen LogP contribution is -2.20. The Hall–Kier alpha value is -0.520. The van der Waals surface area contributed by atoms with Crippen molar-refractivity contribution in [3.05, 3.63) is 24.3 Å². The fourth-order valence-corrected chi connectivity index (χ4v) is 1.49. The zero-order valence-electron chi connectivity index (χ0n) is 7.85. The van der Waals surface area contributed by atoms with E-state index in [1.165, 1.54) is 18.4 Å². The predicted octanol–water partition coefficient (Wildman–Crippen LogP) is 3.55. The maximum absolute atomic E-state index is 3.94. The molecule has 0 aromatic heterocycles. The summed E-state index contributed by atoms with van der Waals surface area (Å²) in [4.78, 5) is 0. The molecule has 0 fully saturated rings. The molecule has 62 valence electrons. The van der Waals surface area contributed by atoms with Crippen molar-refractivity contribution < 1.29 is 0 Å². The third kappa shape index (κ3) is 2.21. The highest BCUT2D eigenvalue weighted by Gasteiger charge is 2.23. The van der Waals surface area contributed by atoms with E-state index in [9.17, 15) is 0 Å². The van der Waals surface area contributed by atoms with Crippen molar-refractivity contribution in [2.75, 3.05) is 0 Å². The van der Waals surface area contributed by atoms with Gasteiger partial charge in [0.05, 0.1) is 0 Å². The molecule has 1 aliphatic rings. The maximum Gasteiger partial charge on any atom is -0.0178 e. The average molecular weight is 150 g/mol. The molecule has 0 spiro atoms. The van der Waals surface area contributed by atoms with E-state index in [2.05, 4.69) is 39.5 Å². The van der Waals surface area contributed by atoms with E-state index in [0.29, 0.717) is 5.41 Å². The van der Waals surface area contributed by atoms with E-state index < -0.39 is 0 Å². The second-order valence-electron chi connectivity index (χ2n) is 4.53. The van der Waals surface area contributed by atoms with Crippen LogP contribution in [0.5, 0.6) is 0 Å². The molecule has 0 aromatic carbocycles. The summed E-state index contributed by atoms with van der Waals surface area (Å²) in [6, 6.07) is 0. The molecule has 0 heterocycles. The SMILES string of the molecule is C=C1C=CC(C(C)(C)C)CC1. The molecule has 0 heteroatoms. The van der Waals surface area contributed by atoms with Gasteiger partial charge in [0.1, 0.15) is 0 Å². The van der Waals surface area contributed by atoms with Gasteiger partial charge in [-0.2, -0.15) is 0 Å². The van der Waals surface area contributed by atoms with Crippen LogP contribution in [-0.4, -0.2) is 0 Å². The van der Waals surface area contributed by atoms with Gasteiger partial charge >= 0.3 is 0 Å². The Balaban J connectivity index is 2.65. The first-order valence-electron chi connectivity index (χ1n) is 4.36. The zero-order chi connectivity index (χ0) is 8.48. The molecular weight excluding hydrogens is 132 g/mol. The summed E-state index contributed by atoms with van der Waals surface area (Å²) < 4.78 is 0. The quantitative estimate of drug-likeness (QED) is 0.495. The van der Waals surface area contributed by atoms with E-state index in [-0.39, 0.29) is 0 Å². The van der Waals surface area contributed by atoms with Crippen molar-refractivity contribution >= 4 is 0 Å². The minimum Gasteiger partial charge on any atom is -0.0958 e. The van der Waals surface area contributed by atoms with E-state index in [0.717, 1.165) is 5.92 Å². The number of allylic oxidation sites excluding steroid dienone is 3. The first kappa shape index (κ1) is 8.58. The van der Waals surface area contributed by atoms with Crippen LogP contribution < -0.4 is 0 Å². The van der Waals surface area contributed by atoms with E-state index in [1.807, 2.05) is 0 Å². The second kappa shape index (κ2) is 2.84. The lowest BCUT2D eigenvalue weighted by molar-refractivity contribution is 0.274. The molecule has 0 N–H and O–H groups in total. The lowest BCUT2D eigenvalue weighted by atomic mass is 9.75. The topological polar surface area (TPSA) is 0 Å². The molecule has 1 rings (SSSR count). The molecule has 0 radical (unpaired) electrons. The first-order valence-corrected chi connectivity index (χ1v) is 4.36. The highest BCUT2D eigenvalue weighted by molar-refractivity contribution is 5.19. The minimum absolute atomic E-state index is 0.428. The number of hydrogen-bond donors (Lipinski definition) is 0. The Morgan fingerprint density at radius 2 is 2.09 bits per heavy atom. The van der Waals surface area contributed by atoms with Gasteiger partial charge in [-0.3, -0.25) is 0 Å². The Bertz CT molecular complexity index is 179. The summed E-state index contributed by atoms with van der Waals surface area (Å²) in [5, 5.41) is 0. The van der Waals surface area contributed by atoms with Gasteiger partial charge in [0, 0.05) is 0 Å². The van der Waals surface area contributed by atoms with Gasteiger partial charge in [0.15, 0.2) is 0 Å². The van der Waals surface area contributed by atoms with Crippen molar-refractivity contribution in [3.63, 3.8) is 0 Å². The third-order valence-electron chi connectivity index (χ3n) is 2.45. The van der Waals surface area contributed by atoms with Crippen molar-refractivity contribution in [2.45, 2.75) is 33.6 Å². The number of hydrogen-bond acceptors (Lipinski definition) is 0. The molecule has 1 atom stereocenters. The van der Waals surface area contributed by atoms with Crippen LogP contribution in [-0.2, 0) is 0 Å². The van der Waals surface area contributed by atoms with Crippen molar-refractivity contribution in [2.24, 2.45) is 11.3 Å². The van der Waals surface area contributed by atoms with E-state index in [4.69, 9.17) is 0 Å². The van der Waals surface area contributed by atoms with Crippen LogP contribution in [0.3, 0.4) is 0 Å². The smallest absolute Gasteiger partial charge is 0.0178 e. The van der Waals surface area contributed by atoms with Crippen molar-refractivity contribution in [1.82, 2.24) is 0 Å². The van der Waals surface area contributed by atoms with Gasteiger partial charge in [0.25, 0.3) is 0 Å². The Morgan fingerprint density at radius 1 is 1.45 bits per heavy atom. The highest BCUT2D eigenvalue weighted by atomic mass is 14.3. The van der Waals surface area contributed by atoms with Crippen LogP contribution in [0.2, 0.25) is 0 Å². The third-order valence-corrected chi connectivity index (χ3v) is 2.45. The van der Waals surface area contributed by atoms with Crippen molar-refractivity contribution in [3.8, 4) is 0 Å². The van der Waals surface area contributed by atoms with Gasteiger partial charge in [0.2, 0.25) is 0 Å². The van der Waals surface area contributed by atoms with Gasteiger partial charge in [-0.25, -0.2) is 0 Å². The largest absolute Gasteiger partial charge is 0.0958 e. The van der Waals surface area contributed by atoms with Gasteiger partial charge in [-0.05, 0) is 24.2 Å². The maximum atomic E-state index is 3.94. The number of rotatable bonds is 0. The second-order valence-corrected chi connectivity index (χ2v) is 4.53. The lowest BCUT2D eigenvalue weighted by Gasteiger charge is -2.30. The molecule has 1 unspecified atom stereocenters. The summed E-state index contributed by atoms with van der Waals surface area (Å²) in [6.45, 7) is 10.8. The fraction of sp³-hybridized carbons (Fsp3) is 0.636. The molecule has 0 saturated carbocycles. The fourth-order valence-electron chi connectivity index (χ4n) is 1.49. The van der Waals surface area contributed by atoms with Crippen molar-refractivity contribution in [1.29, 1.82) is 0 Å². The molecule has 0 nitrogen and oxygen atoms in total. The van der Waals surface area contributed by atoms with Gasteiger partial charge in [-0.15, -0.1) is 0 Å². The summed E-state index contributed by atoms with van der Waals surface area (Å²) in [7, 11) is 0. The van der Waals surface area contributed by atoms with Crippen LogP contribution >= 0.6 is 0 Å². The van der Waals surface area contributed by atoms with E-state index in [1.54, 1.807) is 0 Å². The molecule has 1 aliphatic carbocycles. The van der Waals surface area contributed by atoms with Crippen LogP contribution in [0, 0.1) is 11.3 Å². The molecule has 0 saturated heterocycles. The average Bonchev–Trinajstić information content (AvgIpc) is 1.86. The molecule has 0 amide bonds. The molecular formula is C11H18. The Kier molecular flexibility index (Phi) is 2.22. The monoisotopic (exact) mass is 150 g/mol. The Morgan fingerprint density at radius 3 is 2.45 bits per heavy atom.